The summed E-state index contributed by atoms with van der Waals surface area (Å²) >= 11 is 0. The standard InChI is InChI=1S/C6H11O7PS/c1-3-5-11-14(8,13-15(9)10)12-6(7)4-2/h4,15H,2-3,5H2,1H3. The lowest BCUT2D eigenvalue weighted by Crippen LogP contribution is -2.04. The van der Waals surface area contributed by atoms with E-state index < -0.39 is 24.8 Å². The van der Waals surface area contributed by atoms with Crippen molar-refractivity contribution in [1.29, 1.82) is 0 Å². The van der Waals surface area contributed by atoms with Crippen LogP contribution >= 0.6 is 7.82 Å². The van der Waals surface area contributed by atoms with Gasteiger partial charge in [0.2, 0.25) is 0 Å². The molecule has 0 spiro atoms. The number of hydrogen-bond acceptors (Lipinski definition) is 7. The molecule has 0 bridgehead atoms. The number of phosphoric ester groups is 1. The number of hydrogen-bond donors (Lipinski definition) is 1. The summed E-state index contributed by atoms with van der Waals surface area (Å²) in [6.07, 6.45) is 1.16. The van der Waals surface area contributed by atoms with Gasteiger partial charge in [0, 0.05) is 6.08 Å². The van der Waals surface area contributed by atoms with Crippen LogP contribution in [0.15, 0.2) is 12.7 Å². The highest BCUT2D eigenvalue weighted by molar-refractivity contribution is 7.74. The van der Waals surface area contributed by atoms with Crippen molar-refractivity contribution in [2.24, 2.45) is 0 Å². The van der Waals surface area contributed by atoms with E-state index in [2.05, 4.69) is 19.6 Å². The molecule has 0 aliphatic rings. The zero-order valence-corrected chi connectivity index (χ0v) is 9.74. The van der Waals surface area contributed by atoms with E-state index >= 15 is 0 Å². The van der Waals surface area contributed by atoms with Crippen molar-refractivity contribution < 1.29 is 30.8 Å². The van der Waals surface area contributed by atoms with Crippen LogP contribution in [0.3, 0.4) is 0 Å². The Morgan fingerprint density at radius 1 is 1.53 bits per heavy atom. The molecule has 0 fully saturated rings. The van der Waals surface area contributed by atoms with Crippen LogP contribution in [0.25, 0.3) is 0 Å². The summed E-state index contributed by atoms with van der Waals surface area (Å²) in [7, 11) is -7.82. The molecule has 7 nitrogen and oxygen atoms in total. The average Bonchev–Trinajstić information content (AvgIpc) is 2.13. The molecule has 0 saturated carbocycles. The number of phosphoric acid groups is 1. The number of thiol groups is 1. The minimum Gasteiger partial charge on any atom is -0.366 e. The zero-order chi connectivity index (χ0) is 11.9. The highest BCUT2D eigenvalue weighted by atomic mass is 32.2. The van der Waals surface area contributed by atoms with Crippen LogP contribution in [-0.2, 0) is 33.4 Å². The maximum atomic E-state index is 11.4. The summed E-state index contributed by atoms with van der Waals surface area (Å²) in [4.78, 5) is 10.7. The number of rotatable bonds is 7. The normalized spacial score (nSPS) is 14.5. The van der Waals surface area contributed by atoms with Gasteiger partial charge in [0.25, 0.3) is 11.0 Å². The second kappa shape index (κ2) is 6.73. The third kappa shape index (κ3) is 6.40. The van der Waals surface area contributed by atoms with Gasteiger partial charge in [-0.25, -0.2) is 17.8 Å². The summed E-state index contributed by atoms with van der Waals surface area (Å²) < 4.78 is 44.4. The first-order chi connectivity index (χ1) is 6.93. The van der Waals surface area contributed by atoms with Crippen LogP contribution in [0.5, 0.6) is 0 Å². The molecular weight excluding hydrogens is 247 g/mol. The molecule has 0 N–H and O–H groups in total. The molecule has 1 atom stereocenters. The first-order valence-corrected chi connectivity index (χ1v) is 6.44. The zero-order valence-electron chi connectivity index (χ0n) is 7.95. The van der Waals surface area contributed by atoms with E-state index in [9.17, 15) is 17.8 Å². The minimum absolute atomic E-state index is 0.0646. The summed E-state index contributed by atoms with van der Waals surface area (Å²) in [5, 5.41) is 0. The highest BCUT2D eigenvalue weighted by Gasteiger charge is 2.31. The second-order valence-electron chi connectivity index (χ2n) is 2.20. The quantitative estimate of drug-likeness (QED) is 0.409. The molecule has 0 rings (SSSR count). The second-order valence-corrected chi connectivity index (χ2v) is 4.64. The van der Waals surface area contributed by atoms with E-state index in [0.29, 0.717) is 12.5 Å². The lowest BCUT2D eigenvalue weighted by Gasteiger charge is -2.12. The molecule has 0 radical (unpaired) electrons. The third-order valence-corrected chi connectivity index (χ3v) is 3.22. The molecule has 0 heterocycles. The van der Waals surface area contributed by atoms with Crippen LogP contribution in [0.2, 0.25) is 0 Å². The predicted molar refractivity (Wildman–Crippen MR) is 51.5 cm³/mol. The molecule has 0 aliphatic carbocycles. The number of carbonyl (C=O) groups excluding carboxylic acids is 1. The van der Waals surface area contributed by atoms with Crippen LogP contribution in [0.1, 0.15) is 13.3 Å². The Morgan fingerprint density at radius 2 is 2.13 bits per heavy atom. The molecule has 0 amide bonds. The summed E-state index contributed by atoms with van der Waals surface area (Å²) in [5.74, 6) is -1.09. The van der Waals surface area contributed by atoms with Crippen molar-refractivity contribution >= 4 is 24.8 Å². The first-order valence-electron chi connectivity index (χ1n) is 3.88. The van der Waals surface area contributed by atoms with Gasteiger partial charge in [-0.15, -0.1) is 0 Å². The summed E-state index contributed by atoms with van der Waals surface area (Å²) in [5.41, 5.74) is 0. The van der Waals surface area contributed by atoms with Gasteiger partial charge >= 0.3 is 13.8 Å². The van der Waals surface area contributed by atoms with E-state index in [1.54, 1.807) is 6.92 Å². The molecule has 88 valence electrons. The van der Waals surface area contributed by atoms with Crippen molar-refractivity contribution in [2.45, 2.75) is 13.3 Å². The van der Waals surface area contributed by atoms with E-state index in [1.165, 1.54) is 0 Å². The molecule has 9 heteroatoms. The lowest BCUT2D eigenvalue weighted by atomic mass is 10.5. The van der Waals surface area contributed by atoms with Crippen molar-refractivity contribution in [3.05, 3.63) is 12.7 Å². The van der Waals surface area contributed by atoms with Gasteiger partial charge in [0.1, 0.15) is 0 Å². The van der Waals surface area contributed by atoms with Crippen molar-refractivity contribution in [1.82, 2.24) is 0 Å². The van der Waals surface area contributed by atoms with E-state index in [-0.39, 0.29) is 6.61 Å². The summed E-state index contributed by atoms with van der Waals surface area (Å²) in [6.45, 7) is 4.67. The molecule has 0 aliphatic heterocycles. The average molecular weight is 258 g/mol. The van der Waals surface area contributed by atoms with Crippen LogP contribution in [-0.4, -0.2) is 21.0 Å². The molecule has 0 aromatic heterocycles. The Morgan fingerprint density at radius 3 is 2.53 bits per heavy atom. The Balaban J connectivity index is 4.60. The van der Waals surface area contributed by atoms with Gasteiger partial charge in [-0.2, -0.15) is 3.97 Å². The maximum Gasteiger partial charge on any atom is 0.547 e. The van der Waals surface area contributed by atoms with Crippen LogP contribution in [0, 0.1) is 0 Å². The first kappa shape index (κ1) is 14.3. The van der Waals surface area contributed by atoms with Gasteiger partial charge in [-0.1, -0.05) is 13.5 Å². The van der Waals surface area contributed by atoms with E-state index in [4.69, 9.17) is 0 Å². The fourth-order valence-electron chi connectivity index (χ4n) is 0.499. The molecule has 0 aromatic carbocycles. The summed E-state index contributed by atoms with van der Waals surface area (Å²) in [6, 6.07) is 0. The van der Waals surface area contributed by atoms with Gasteiger partial charge in [0.15, 0.2) is 0 Å². The van der Waals surface area contributed by atoms with Crippen LogP contribution < -0.4 is 0 Å². The highest BCUT2D eigenvalue weighted by Crippen LogP contribution is 2.49. The van der Waals surface area contributed by atoms with Gasteiger partial charge < -0.3 is 4.52 Å². The fourth-order valence-corrected chi connectivity index (χ4v) is 2.23. The Hall–Kier alpha value is -0.690. The Kier molecular flexibility index (Phi) is 6.42. The van der Waals surface area contributed by atoms with Crippen molar-refractivity contribution in [2.75, 3.05) is 6.61 Å². The predicted octanol–water partition coefficient (Wildman–Crippen LogP) is 0.793. The Bertz CT molecular complexity index is 339. The SMILES string of the molecule is C=CC(=O)OP(=O)(OCCC)O[SH](=O)=O. The molecule has 1 unspecified atom stereocenters. The fraction of sp³-hybridized carbons (Fsp3) is 0.500. The molecule has 15 heavy (non-hydrogen) atoms. The minimum atomic E-state index is -4.38. The molecule has 0 aromatic rings. The smallest absolute Gasteiger partial charge is 0.366 e. The van der Waals surface area contributed by atoms with Gasteiger partial charge in [-0.3, -0.25) is 4.52 Å². The Labute approximate surface area is 88.8 Å². The van der Waals surface area contributed by atoms with Crippen molar-refractivity contribution in [3.63, 3.8) is 0 Å². The van der Waals surface area contributed by atoms with E-state index in [1.807, 2.05) is 0 Å². The monoisotopic (exact) mass is 258 g/mol. The largest absolute Gasteiger partial charge is 0.547 e. The third-order valence-electron chi connectivity index (χ3n) is 0.989. The van der Waals surface area contributed by atoms with Gasteiger partial charge in [-0.05, 0) is 6.42 Å². The molecular formula is C6H11O7PS. The molecule has 0 saturated heterocycles. The number of carbonyl (C=O) groups is 1. The topological polar surface area (TPSA) is 96.0 Å². The maximum absolute atomic E-state index is 11.4. The van der Waals surface area contributed by atoms with E-state index in [0.717, 1.165) is 0 Å². The van der Waals surface area contributed by atoms with Crippen molar-refractivity contribution in [3.8, 4) is 0 Å². The van der Waals surface area contributed by atoms with Gasteiger partial charge in [0.05, 0.1) is 6.61 Å². The lowest BCUT2D eigenvalue weighted by molar-refractivity contribution is -0.130. The van der Waals surface area contributed by atoms with Crippen LogP contribution in [0.4, 0.5) is 0 Å².